The van der Waals surface area contributed by atoms with E-state index in [2.05, 4.69) is 26.0 Å². The SMILES string of the molecule is CC(C)C[C@H](NC(=O)C(=O)NC12CCC1(F)CC2)C(=O)N[C@@H](C[C@@H]1CCNC1=O)C(=O)COC(F)(F)F. The van der Waals surface area contributed by atoms with Crippen LogP contribution in [0.3, 0.4) is 0 Å². The summed E-state index contributed by atoms with van der Waals surface area (Å²) in [7, 11) is 0. The van der Waals surface area contributed by atoms with Gasteiger partial charge in [-0.1, -0.05) is 13.8 Å². The molecule has 2 aliphatic carbocycles. The molecule has 208 valence electrons. The third-order valence-electron chi connectivity index (χ3n) is 7.41. The lowest BCUT2D eigenvalue weighted by atomic mass is 9.51. The van der Waals surface area contributed by atoms with Gasteiger partial charge in [0, 0.05) is 12.5 Å². The molecule has 1 heterocycles. The Morgan fingerprint density at radius 3 is 2.16 bits per heavy atom. The monoisotopic (exact) mass is 536 g/mol. The molecule has 3 rings (SSSR count). The highest BCUT2D eigenvalue weighted by Crippen LogP contribution is 2.59. The molecule has 0 aromatic heterocycles. The number of amides is 4. The van der Waals surface area contributed by atoms with Crippen LogP contribution in [0.4, 0.5) is 17.6 Å². The molecule has 0 spiro atoms. The standard InChI is InChI=1S/C23H32F4N4O6/c1-12(2)9-15(30-19(35)20(36)31-22-6-4-21(22,24)5-7-22)18(34)29-14(10-13-3-8-28-17(13)33)16(32)11-37-23(25,26)27/h12-15H,3-11H2,1-2H3,(H,28,33)(H,29,34)(H,30,35)(H,31,36)/t13-,14-,15-,21?,22?/m0/s1. The van der Waals surface area contributed by atoms with Crippen molar-refractivity contribution in [2.24, 2.45) is 11.8 Å². The Labute approximate surface area is 211 Å². The van der Waals surface area contributed by atoms with Gasteiger partial charge in [-0.15, -0.1) is 13.2 Å². The topological polar surface area (TPSA) is 143 Å². The summed E-state index contributed by atoms with van der Waals surface area (Å²) < 4.78 is 55.5. The maximum absolute atomic E-state index is 14.5. The number of hydrogen-bond acceptors (Lipinski definition) is 6. The van der Waals surface area contributed by atoms with E-state index in [1.165, 1.54) is 0 Å². The molecule has 0 aromatic rings. The van der Waals surface area contributed by atoms with Crippen LogP contribution in [-0.4, -0.2) is 72.2 Å². The molecule has 1 saturated heterocycles. The van der Waals surface area contributed by atoms with Crippen molar-refractivity contribution in [2.75, 3.05) is 13.2 Å². The zero-order valence-electron chi connectivity index (χ0n) is 20.6. The minimum absolute atomic E-state index is 0.0346. The molecule has 10 nitrogen and oxygen atoms in total. The first-order valence-electron chi connectivity index (χ1n) is 12.3. The summed E-state index contributed by atoms with van der Waals surface area (Å²) in [5, 5.41) is 9.59. The Kier molecular flexibility index (Phi) is 8.50. The molecule has 37 heavy (non-hydrogen) atoms. The van der Waals surface area contributed by atoms with Crippen molar-refractivity contribution in [2.45, 2.75) is 88.4 Å². The molecule has 3 atom stereocenters. The summed E-state index contributed by atoms with van der Waals surface area (Å²) in [5.74, 6) is -5.57. The fourth-order valence-electron chi connectivity index (χ4n) is 5.04. The van der Waals surface area contributed by atoms with E-state index in [4.69, 9.17) is 0 Å². The summed E-state index contributed by atoms with van der Waals surface area (Å²) in [6.07, 6.45) is -3.60. The zero-order valence-corrected chi connectivity index (χ0v) is 20.6. The van der Waals surface area contributed by atoms with Crippen LogP contribution < -0.4 is 21.3 Å². The van der Waals surface area contributed by atoms with Crippen LogP contribution in [0.5, 0.6) is 0 Å². The Hall–Kier alpha value is -2.77. The summed E-state index contributed by atoms with van der Waals surface area (Å²) in [5.41, 5.74) is -2.61. The van der Waals surface area contributed by atoms with Gasteiger partial charge in [0.05, 0.1) is 11.6 Å². The predicted octanol–water partition coefficient (Wildman–Crippen LogP) is 0.785. The van der Waals surface area contributed by atoms with E-state index in [-0.39, 0.29) is 18.8 Å². The summed E-state index contributed by atoms with van der Waals surface area (Å²) >= 11 is 0. The van der Waals surface area contributed by atoms with Gasteiger partial charge in [0.25, 0.3) is 0 Å². The molecule has 14 heteroatoms. The molecular weight excluding hydrogens is 504 g/mol. The van der Waals surface area contributed by atoms with Gasteiger partial charge in [-0.3, -0.25) is 28.7 Å². The van der Waals surface area contributed by atoms with Gasteiger partial charge in [0.2, 0.25) is 11.8 Å². The lowest BCUT2D eigenvalue weighted by molar-refractivity contribution is -0.321. The number of alkyl halides is 4. The van der Waals surface area contributed by atoms with Gasteiger partial charge in [-0.05, 0) is 50.9 Å². The van der Waals surface area contributed by atoms with E-state index in [0.717, 1.165) is 0 Å². The highest BCUT2D eigenvalue weighted by molar-refractivity contribution is 6.35. The molecule has 2 saturated carbocycles. The third kappa shape index (κ3) is 6.76. The van der Waals surface area contributed by atoms with Gasteiger partial charge in [0.1, 0.15) is 18.3 Å². The Bertz CT molecular complexity index is 933. The van der Waals surface area contributed by atoms with Crippen LogP contribution in [0, 0.1) is 11.8 Å². The number of carbonyl (C=O) groups excluding carboxylic acids is 5. The van der Waals surface area contributed by atoms with Gasteiger partial charge in [-0.25, -0.2) is 4.39 Å². The normalized spacial score (nSPS) is 28.2. The van der Waals surface area contributed by atoms with E-state index in [9.17, 15) is 41.5 Å². The lowest BCUT2D eigenvalue weighted by Crippen LogP contribution is -2.76. The number of hydrogen-bond donors (Lipinski definition) is 4. The first-order valence-corrected chi connectivity index (χ1v) is 12.3. The molecule has 0 unspecified atom stereocenters. The number of ketones is 1. The molecule has 3 fully saturated rings. The fraction of sp³-hybridized carbons (Fsp3) is 0.783. The molecule has 0 aromatic carbocycles. The van der Waals surface area contributed by atoms with Gasteiger partial charge < -0.3 is 21.3 Å². The molecule has 4 N–H and O–H groups in total. The summed E-state index contributed by atoms with van der Waals surface area (Å²) in [6.45, 7) is 2.41. The zero-order chi connectivity index (χ0) is 27.6. The molecule has 0 bridgehead atoms. The van der Waals surface area contributed by atoms with Crippen molar-refractivity contribution in [3.05, 3.63) is 0 Å². The van der Waals surface area contributed by atoms with Crippen LogP contribution in [0.2, 0.25) is 0 Å². The summed E-state index contributed by atoms with van der Waals surface area (Å²) in [6, 6.07) is -2.81. The Morgan fingerprint density at radius 2 is 1.70 bits per heavy atom. The van der Waals surface area contributed by atoms with Crippen LogP contribution in [0.1, 0.15) is 58.8 Å². The maximum atomic E-state index is 14.5. The van der Waals surface area contributed by atoms with Crippen molar-refractivity contribution >= 4 is 29.4 Å². The molecule has 0 radical (unpaired) electrons. The van der Waals surface area contributed by atoms with Crippen molar-refractivity contribution in [3.63, 3.8) is 0 Å². The number of fused-ring (bicyclic) bond motifs is 1. The quantitative estimate of drug-likeness (QED) is 0.227. The number of halogens is 4. The van der Waals surface area contributed by atoms with Crippen molar-refractivity contribution in [3.8, 4) is 0 Å². The average molecular weight is 537 g/mol. The van der Waals surface area contributed by atoms with E-state index in [1.54, 1.807) is 13.8 Å². The molecule has 4 amide bonds. The second kappa shape index (κ2) is 10.9. The van der Waals surface area contributed by atoms with Crippen LogP contribution in [0.15, 0.2) is 0 Å². The number of Topliss-reactive ketones (excluding diaryl/α,β-unsaturated/α-hetero) is 1. The van der Waals surface area contributed by atoms with Gasteiger partial charge in [-0.2, -0.15) is 0 Å². The first-order chi connectivity index (χ1) is 17.1. The van der Waals surface area contributed by atoms with Crippen LogP contribution >= 0.6 is 0 Å². The second-order valence-electron chi connectivity index (χ2n) is 10.4. The number of carbonyl (C=O) groups is 5. The number of nitrogens with one attached hydrogen (secondary N) is 4. The van der Waals surface area contributed by atoms with Crippen molar-refractivity contribution in [1.29, 1.82) is 0 Å². The van der Waals surface area contributed by atoms with E-state index < -0.39 is 71.6 Å². The number of rotatable bonds is 11. The predicted molar refractivity (Wildman–Crippen MR) is 119 cm³/mol. The van der Waals surface area contributed by atoms with Gasteiger partial charge in [0.15, 0.2) is 5.78 Å². The maximum Gasteiger partial charge on any atom is 0.522 e. The van der Waals surface area contributed by atoms with E-state index >= 15 is 0 Å². The molecule has 1 aliphatic heterocycles. The molecule has 3 aliphatic rings. The van der Waals surface area contributed by atoms with E-state index in [0.29, 0.717) is 38.6 Å². The smallest absolute Gasteiger partial charge is 0.356 e. The third-order valence-corrected chi connectivity index (χ3v) is 7.41. The minimum Gasteiger partial charge on any atom is -0.356 e. The van der Waals surface area contributed by atoms with E-state index in [1.807, 2.05) is 0 Å². The summed E-state index contributed by atoms with van der Waals surface area (Å²) in [4.78, 5) is 62.5. The lowest BCUT2D eigenvalue weighted by Gasteiger charge is -2.62. The highest BCUT2D eigenvalue weighted by atomic mass is 19.4. The largest absolute Gasteiger partial charge is 0.522 e. The van der Waals surface area contributed by atoms with Gasteiger partial charge >= 0.3 is 18.2 Å². The average Bonchev–Trinajstić information content (AvgIpc) is 3.21. The van der Waals surface area contributed by atoms with Crippen molar-refractivity contribution < 1.29 is 46.3 Å². The van der Waals surface area contributed by atoms with Crippen molar-refractivity contribution in [1.82, 2.24) is 21.3 Å². The fourth-order valence-corrected chi connectivity index (χ4v) is 5.04. The van der Waals surface area contributed by atoms with Crippen LogP contribution in [-0.2, 0) is 28.7 Å². The molecular formula is C23H32F4N4O6. The Balaban J connectivity index is 1.66. The Morgan fingerprint density at radius 1 is 1.05 bits per heavy atom. The highest BCUT2D eigenvalue weighted by Gasteiger charge is 2.68. The first kappa shape index (κ1) is 28.8. The number of ether oxygens (including phenoxy) is 1. The van der Waals surface area contributed by atoms with Crippen LogP contribution in [0.25, 0.3) is 0 Å². The minimum atomic E-state index is -5.08. The second-order valence-corrected chi connectivity index (χ2v) is 10.4.